The van der Waals surface area contributed by atoms with Gasteiger partial charge in [0.15, 0.2) is 11.5 Å². The zero-order valence-corrected chi connectivity index (χ0v) is 14.6. The number of fused-ring (bicyclic) bond motifs is 1. The molecule has 2 aromatic heterocycles. The second kappa shape index (κ2) is 6.64. The number of nitrogens with one attached hydrogen (secondary N) is 1. The molecule has 0 saturated carbocycles. The maximum atomic E-state index is 4.77. The largest absolute Gasteiger partial charge is 0.368 e. The molecule has 3 aromatic rings. The number of rotatable bonds is 5. The van der Waals surface area contributed by atoms with Crippen LogP contribution in [0.25, 0.3) is 16.8 Å². The Kier molecular flexibility index (Phi) is 4.19. The van der Waals surface area contributed by atoms with Crippen LogP contribution in [-0.4, -0.2) is 59.1 Å². The van der Waals surface area contributed by atoms with Gasteiger partial charge in [-0.3, -0.25) is 4.99 Å². The predicted molar refractivity (Wildman–Crippen MR) is 100 cm³/mol. The highest BCUT2D eigenvalue weighted by Gasteiger charge is 2.17. The van der Waals surface area contributed by atoms with Crippen LogP contribution >= 0.6 is 0 Å². The summed E-state index contributed by atoms with van der Waals surface area (Å²) in [6, 6.07) is 12.5. The van der Waals surface area contributed by atoms with Gasteiger partial charge in [-0.05, 0) is 25.7 Å². The van der Waals surface area contributed by atoms with Gasteiger partial charge in [0.25, 0.3) is 0 Å². The van der Waals surface area contributed by atoms with Crippen molar-refractivity contribution >= 4 is 11.5 Å². The van der Waals surface area contributed by atoms with Crippen LogP contribution in [0.4, 0.5) is 0 Å². The molecule has 128 valence electrons. The highest BCUT2D eigenvalue weighted by molar-refractivity contribution is 6.05. The molecule has 25 heavy (non-hydrogen) atoms. The molecule has 4 rings (SSSR count). The first-order valence-electron chi connectivity index (χ1n) is 8.59. The van der Waals surface area contributed by atoms with E-state index in [2.05, 4.69) is 53.7 Å². The summed E-state index contributed by atoms with van der Waals surface area (Å²) in [5.74, 6) is 1.77. The van der Waals surface area contributed by atoms with Crippen LogP contribution in [0.5, 0.6) is 0 Å². The molecule has 6 nitrogen and oxygen atoms in total. The summed E-state index contributed by atoms with van der Waals surface area (Å²) in [6.45, 7) is 2.61. The van der Waals surface area contributed by atoms with E-state index in [1.54, 1.807) is 0 Å². The number of aliphatic imine (C=N–C) groups is 1. The van der Waals surface area contributed by atoms with Gasteiger partial charge in [-0.15, -0.1) is 0 Å². The second-order valence-corrected chi connectivity index (χ2v) is 6.52. The number of hydrogen-bond acceptors (Lipinski definition) is 5. The quantitative estimate of drug-likeness (QED) is 0.774. The van der Waals surface area contributed by atoms with E-state index < -0.39 is 0 Å². The Morgan fingerprint density at radius 2 is 2.00 bits per heavy atom. The number of hydrogen-bond donors (Lipinski definition) is 1. The Morgan fingerprint density at radius 3 is 2.72 bits per heavy atom. The van der Waals surface area contributed by atoms with E-state index in [0.717, 1.165) is 60.1 Å². The van der Waals surface area contributed by atoms with E-state index in [1.165, 1.54) is 0 Å². The van der Waals surface area contributed by atoms with E-state index in [0.29, 0.717) is 0 Å². The first-order valence-corrected chi connectivity index (χ1v) is 8.59. The lowest BCUT2D eigenvalue weighted by molar-refractivity contribution is 0.409. The third kappa shape index (κ3) is 3.25. The van der Waals surface area contributed by atoms with Crippen LogP contribution in [0.3, 0.4) is 0 Å². The third-order valence-corrected chi connectivity index (χ3v) is 4.30. The van der Waals surface area contributed by atoms with E-state index in [1.807, 2.05) is 22.7 Å². The first-order chi connectivity index (χ1) is 12.2. The molecular formula is C19H22N6. The van der Waals surface area contributed by atoms with E-state index >= 15 is 0 Å². The summed E-state index contributed by atoms with van der Waals surface area (Å²) in [7, 11) is 4.12. The molecule has 0 fully saturated rings. The number of nitrogens with zero attached hydrogens (tertiary/aromatic N) is 5. The Morgan fingerprint density at radius 1 is 1.16 bits per heavy atom. The Bertz CT molecular complexity index is 910. The maximum Gasteiger partial charge on any atom is 0.166 e. The standard InChI is InChI=1S/C19H22N6/c1-24(2)11-8-17-22-19-16(18-20-9-10-21-18)12-15(13-25(19)23-17)14-6-4-3-5-7-14/h3-7,12-13H,8-11H2,1-2H3,(H,20,21). The van der Waals surface area contributed by atoms with Gasteiger partial charge in [0, 0.05) is 31.3 Å². The van der Waals surface area contributed by atoms with Crippen molar-refractivity contribution in [2.24, 2.45) is 4.99 Å². The van der Waals surface area contributed by atoms with Gasteiger partial charge in [-0.25, -0.2) is 9.50 Å². The molecule has 6 heteroatoms. The lowest BCUT2D eigenvalue weighted by atomic mass is 10.1. The zero-order valence-electron chi connectivity index (χ0n) is 14.6. The zero-order chi connectivity index (χ0) is 17.2. The summed E-state index contributed by atoms with van der Waals surface area (Å²) in [5.41, 5.74) is 4.15. The molecule has 1 aliphatic heterocycles. The fraction of sp³-hybridized carbons (Fsp3) is 0.316. The van der Waals surface area contributed by atoms with Crippen LogP contribution in [0.1, 0.15) is 11.4 Å². The Hall–Kier alpha value is -2.73. The average Bonchev–Trinajstić information content (AvgIpc) is 3.29. The first kappa shape index (κ1) is 15.8. The normalized spacial score (nSPS) is 14.1. The van der Waals surface area contributed by atoms with Crippen molar-refractivity contribution in [3.63, 3.8) is 0 Å². The molecule has 0 saturated heterocycles. The van der Waals surface area contributed by atoms with Crippen LogP contribution in [0.2, 0.25) is 0 Å². The summed E-state index contributed by atoms with van der Waals surface area (Å²) in [4.78, 5) is 11.5. The average molecular weight is 334 g/mol. The third-order valence-electron chi connectivity index (χ3n) is 4.30. The van der Waals surface area contributed by atoms with Crippen molar-refractivity contribution in [1.29, 1.82) is 0 Å². The molecular weight excluding hydrogens is 312 g/mol. The number of benzene rings is 1. The molecule has 0 radical (unpaired) electrons. The summed E-state index contributed by atoms with van der Waals surface area (Å²) in [5, 5.41) is 8.06. The van der Waals surface area contributed by atoms with Gasteiger partial charge in [-0.2, -0.15) is 5.10 Å². The summed E-state index contributed by atoms with van der Waals surface area (Å²) in [6.07, 6.45) is 2.88. The molecule has 0 unspecified atom stereocenters. The molecule has 3 heterocycles. The molecule has 0 atom stereocenters. The number of amidine groups is 1. The SMILES string of the molecule is CN(C)CCc1nc2c(C3=NCCN3)cc(-c3ccccc3)cn2n1. The molecule has 0 aliphatic carbocycles. The Labute approximate surface area is 147 Å². The smallest absolute Gasteiger partial charge is 0.166 e. The lowest BCUT2D eigenvalue weighted by Crippen LogP contribution is -2.20. The van der Waals surface area contributed by atoms with Crippen molar-refractivity contribution in [3.05, 3.63) is 54.0 Å². The second-order valence-electron chi connectivity index (χ2n) is 6.52. The van der Waals surface area contributed by atoms with Crippen LogP contribution in [0.15, 0.2) is 47.6 Å². The van der Waals surface area contributed by atoms with Crippen molar-refractivity contribution in [2.75, 3.05) is 33.7 Å². The lowest BCUT2D eigenvalue weighted by Gasteiger charge is -2.08. The van der Waals surface area contributed by atoms with Crippen molar-refractivity contribution < 1.29 is 0 Å². The van der Waals surface area contributed by atoms with Crippen molar-refractivity contribution in [1.82, 2.24) is 24.8 Å². The fourth-order valence-electron chi connectivity index (χ4n) is 3.00. The molecule has 1 N–H and O–H groups in total. The summed E-state index contributed by atoms with van der Waals surface area (Å²) < 4.78 is 1.89. The van der Waals surface area contributed by atoms with Crippen LogP contribution < -0.4 is 5.32 Å². The number of likely N-dealkylation sites (N-methyl/N-ethyl adjacent to an activating group) is 1. The van der Waals surface area contributed by atoms with Crippen molar-refractivity contribution in [2.45, 2.75) is 6.42 Å². The molecule has 1 aromatic carbocycles. The van der Waals surface area contributed by atoms with Gasteiger partial charge in [0.1, 0.15) is 5.84 Å². The van der Waals surface area contributed by atoms with Gasteiger partial charge in [0.2, 0.25) is 0 Å². The Balaban J connectivity index is 1.83. The highest BCUT2D eigenvalue weighted by Crippen LogP contribution is 2.23. The number of aromatic nitrogens is 3. The minimum atomic E-state index is 0.804. The molecule has 0 amide bonds. The number of pyridine rings is 1. The minimum Gasteiger partial charge on any atom is -0.368 e. The van der Waals surface area contributed by atoms with Gasteiger partial charge >= 0.3 is 0 Å². The topological polar surface area (TPSA) is 57.8 Å². The summed E-state index contributed by atoms with van der Waals surface area (Å²) >= 11 is 0. The predicted octanol–water partition coefficient (Wildman–Crippen LogP) is 1.85. The van der Waals surface area contributed by atoms with E-state index in [4.69, 9.17) is 10.1 Å². The van der Waals surface area contributed by atoms with Gasteiger partial charge in [-0.1, -0.05) is 30.3 Å². The van der Waals surface area contributed by atoms with E-state index in [-0.39, 0.29) is 0 Å². The molecule has 1 aliphatic rings. The molecule has 0 spiro atoms. The monoisotopic (exact) mass is 334 g/mol. The fourth-order valence-corrected chi connectivity index (χ4v) is 3.00. The van der Waals surface area contributed by atoms with Crippen LogP contribution in [-0.2, 0) is 6.42 Å². The van der Waals surface area contributed by atoms with Gasteiger partial charge in [0.05, 0.1) is 12.1 Å². The van der Waals surface area contributed by atoms with E-state index in [9.17, 15) is 0 Å². The van der Waals surface area contributed by atoms with Crippen LogP contribution in [0, 0.1) is 0 Å². The molecule has 0 bridgehead atoms. The minimum absolute atomic E-state index is 0.804. The van der Waals surface area contributed by atoms with Gasteiger partial charge < -0.3 is 10.2 Å². The van der Waals surface area contributed by atoms with Crippen molar-refractivity contribution in [3.8, 4) is 11.1 Å². The maximum absolute atomic E-state index is 4.77. The highest BCUT2D eigenvalue weighted by atomic mass is 15.3.